The first kappa shape index (κ1) is 22.0. The fourth-order valence-corrected chi connectivity index (χ4v) is 4.87. The lowest BCUT2D eigenvalue weighted by Crippen LogP contribution is -2.35. The third kappa shape index (κ3) is 5.46. The summed E-state index contributed by atoms with van der Waals surface area (Å²) in [6.07, 6.45) is 2.68. The molecular formula is C22H26N2O5S. The van der Waals surface area contributed by atoms with Crippen molar-refractivity contribution in [2.45, 2.75) is 30.7 Å². The molecule has 0 saturated carbocycles. The molecule has 1 fully saturated rings. The first-order valence-electron chi connectivity index (χ1n) is 9.93. The maximum atomic E-state index is 12.8. The lowest BCUT2D eigenvalue weighted by molar-refractivity contribution is -0.133. The number of hydrogen-bond donors (Lipinski definition) is 0. The van der Waals surface area contributed by atoms with Crippen molar-refractivity contribution in [2.24, 2.45) is 0 Å². The van der Waals surface area contributed by atoms with Crippen LogP contribution in [0.25, 0.3) is 0 Å². The Hall–Kier alpha value is -2.71. The largest absolute Gasteiger partial charge is 0.452 e. The molecule has 0 radical (unpaired) electrons. The molecule has 1 saturated heterocycles. The van der Waals surface area contributed by atoms with Gasteiger partial charge in [-0.05, 0) is 36.6 Å². The van der Waals surface area contributed by atoms with Crippen molar-refractivity contribution in [1.29, 1.82) is 0 Å². The Morgan fingerprint density at radius 1 is 1.00 bits per heavy atom. The molecule has 0 N–H and O–H groups in total. The molecule has 3 rings (SSSR count). The van der Waals surface area contributed by atoms with E-state index in [9.17, 15) is 18.0 Å². The third-order valence-electron chi connectivity index (χ3n) is 5.04. The van der Waals surface area contributed by atoms with Gasteiger partial charge in [0.15, 0.2) is 6.61 Å². The zero-order valence-corrected chi connectivity index (χ0v) is 17.8. The number of amides is 1. The number of hydrogen-bond acceptors (Lipinski definition) is 5. The van der Waals surface area contributed by atoms with Crippen LogP contribution in [-0.2, 0) is 26.1 Å². The summed E-state index contributed by atoms with van der Waals surface area (Å²) in [6, 6.07) is 15.3. The van der Waals surface area contributed by atoms with E-state index in [-0.39, 0.29) is 16.4 Å². The second kappa shape index (κ2) is 9.86. The molecule has 2 aromatic carbocycles. The highest BCUT2D eigenvalue weighted by Gasteiger charge is 2.26. The molecule has 7 nitrogen and oxygen atoms in total. The number of piperidine rings is 1. The van der Waals surface area contributed by atoms with Crippen molar-refractivity contribution in [3.8, 4) is 0 Å². The predicted molar refractivity (Wildman–Crippen MR) is 112 cm³/mol. The summed E-state index contributed by atoms with van der Waals surface area (Å²) in [5.41, 5.74) is 1.07. The molecule has 0 spiro atoms. The van der Waals surface area contributed by atoms with E-state index in [0.29, 0.717) is 19.6 Å². The topological polar surface area (TPSA) is 84.0 Å². The average molecular weight is 431 g/mol. The Bertz CT molecular complexity index is 986. The summed E-state index contributed by atoms with van der Waals surface area (Å²) in [5.74, 6) is -1.07. The molecule has 1 heterocycles. The fraction of sp³-hybridized carbons (Fsp3) is 0.364. The normalized spacial score (nSPS) is 14.8. The van der Waals surface area contributed by atoms with Gasteiger partial charge < -0.3 is 9.64 Å². The Balaban J connectivity index is 1.60. The third-order valence-corrected chi connectivity index (χ3v) is 6.93. The van der Waals surface area contributed by atoms with Crippen LogP contribution in [0.2, 0.25) is 0 Å². The average Bonchev–Trinajstić information content (AvgIpc) is 2.78. The Labute approximate surface area is 177 Å². The second-order valence-electron chi connectivity index (χ2n) is 7.30. The first-order chi connectivity index (χ1) is 14.4. The highest BCUT2D eigenvalue weighted by atomic mass is 32.2. The molecule has 0 unspecified atom stereocenters. The van der Waals surface area contributed by atoms with Gasteiger partial charge in [0, 0.05) is 26.7 Å². The van der Waals surface area contributed by atoms with Crippen LogP contribution in [0.5, 0.6) is 0 Å². The van der Waals surface area contributed by atoms with E-state index in [1.54, 1.807) is 7.05 Å². The van der Waals surface area contributed by atoms with Gasteiger partial charge in [0.25, 0.3) is 5.91 Å². The summed E-state index contributed by atoms with van der Waals surface area (Å²) in [7, 11) is -2.01. The van der Waals surface area contributed by atoms with E-state index in [4.69, 9.17) is 4.74 Å². The first-order valence-corrected chi connectivity index (χ1v) is 11.4. The molecule has 1 aliphatic heterocycles. The Morgan fingerprint density at radius 3 is 2.40 bits per heavy atom. The number of likely N-dealkylation sites (N-methyl/N-ethyl adjacent to an activating group) is 1. The maximum Gasteiger partial charge on any atom is 0.338 e. The number of nitrogens with zero attached hydrogens (tertiary/aromatic N) is 2. The van der Waals surface area contributed by atoms with Crippen LogP contribution in [-0.4, -0.2) is 56.2 Å². The number of carbonyl (C=O) groups excluding carboxylic acids is 2. The molecule has 0 aromatic heterocycles. The lowest BCUT2D eigenvalue weighted by atomic mass is 10.2. The number of rotatable bonds is 7. The second-order valence-corrected chi connectivity index (χ2v) is 9.24. The highest BCUT2D eigenvalue weighted by molar-refractivity contribution is 7.89. The van der Waals surface area contributed by atoms with Gasteiger partial charge >= 0.3 is 5.97 Å². The summed E-state index contributed by atoms with van der Waals surface area (Å²) in [5, 5.41) is 0. The molecule has 1 aliphatic rings. The van der Waals surface area contributed by atoms with Gasteiger partial charge in [-0.2, -0.15) is 4.31 Å². The summed E-state index contributed by atoms with van der Waals surface area (Å²) in [6.45, 7) is 0.963. The van der Waals surface area contributed by atoms with Crippen LogP contribution in [0.1, 0.15) is 35.2 Å². The maximum absolute atomic E-state index is 12.8. The minimum atomic E-state index is -3.65. The van der Waals surface area contributed by atoms with Crippen LogP contribution in [0, 0.1) is 0 Å². The summed E-state index contributed by atoms with van der Waals surface area (Å²) < 4.78 is 32.2. The van der Waals surface area contributed by atoms with Gasteiger partial charge in [0.05, 0.1) is 10.5 Å². The van der Waals surface area contributed by atoms with E-state index in [1.165, 1.54) is 33.5 Å². The van der Waals surface area contributed by atoms with Crippen molar-refractivity contribution >= 4 is 21.9 Å². The van der Waals surface area contributed by atoms with E-state index < -0.39 is 22.6 Å². The SMILES string of the molecule is CN(Cc1ccccc1)C(=O)COC(=O)c1cccc(S(=O)(=O)N2CCCCC2)c1. The number of esters is 1. The molecule has 0 aliphatic carbocycles. The predicted octanol–water partition coefficient (Wildman–Crippen LogP) is 2.68. The van der Waals surface area contributed by atoms with Gasteiger partial charge in [-0.25, -0.2) is 13.2 Å². The molecule has 1 amide bonds. The molecule has 2 aromatic rings. The molecule has 0 atom stereocenters. The van der Waals surface area contributed by atoms with E-state index >= 15 is 0 Å². The van der Waals surface area contributed by atoms with Crippen molar-refractivity contribution < 1.29 is 22.7 Å². The quantitative estimate of drug-likeness (QED) is 0.631. The van der Waals surface area contributed by atoms with Crippen LogP contribution >= 0.6 is 0 Å². The van der Waals surface area contributed by atoms with Gasteiger partial charge in [0.1, 0.15) is 0 Å². The molecular weight excluding hydrogens is 404 g/mol. The molecule has 30 heavy (non-hydrogen) atoms. The summed E-state index contributed by atoms with van der Waals surface area (Å²) >= 11 is 0. The Kier molecular flexibility index (Phi) is 7.23. The minimum Gasteiger partial charge on any atom is -0.452 e. The van der Waals surface area contributed by atoms with Crippen LogP contribution in [0.3, 0.4) is 0 Å². The fourth-order valence-electron chi connectivity index (χ4n) is 3.30. The monoisotopic (exact) mass is 430 g/mol. The minimum absolute atomic E-state index is 0.0615. The van der Waals surface area contributed by atoms with Gasteiger partial charge in [-0.15, -0.1) is 0 Å². The van der Waals surface area contributed by atoms with Crippen molar-refractivity contribution in [3.63, 3.8) is 0 Å². The zero-order chi connectivity index (χ0) is 21.6. The standard InChI is InChI=1S/C22H26N2O5S/c1-23(16-18-9-4-2-5-10-18)21(25)17-29-22(26)19-11-8-12-20(15-19)30(27,28)24-13-6-3-7-14-24/h2,4-5,8-12,15H,3,6-7,13-14,16-17H2,1H3. The van der Waals surface area contributed by atoms with Crippen molar-refractivity contribution in [1.82, 2.24) is 9.21 Å². The highest BCUT2D eigenvalue weighted by Crippen LogP contribution is 2.21. The zero-order valence-electron chi connectivity index (χ0n) is 17.0. The number of benzene rings is 2. The number of sulfonamides is 1. The number of ether oxygens (including phenoxy) is 1. The van der Waals surface area contributed by atoms with E-state index in [0.717, 1.165) is 24.8 Å². The van der Waals surface area contributed by atoms with Gasteiger partial charge in [0.2, 0.25) is 10.0 Å². The van der Waals surface area contributed by atoms with Crippen molar-refractivity contribution in [2.75, 3.05) is 26.7 Å². The molecule has 8 heteroatoms. The number of carbonyl (C=O) groups is 2. The van der Waals surface area contributed by atoms with E-state index in [1.807, 2.05) is 30.3 Å². The van der Waals surface area contributed by atoms with Gasteiger partial charge in [-0.1, -0.05) is 42.8 Å². The van der Waals surface area contributed by atoms with Crippen molar-refractivity contribution in [3.05, 3.63) is 65.7 Å². The van der Waals surface area contributed by atoms with Crippen LogP contribution < -0.4 is 0 Å². The van der Waals surface area contributed by atoms with E-state index in [2.05, 4.69) is 0 Å². The molecule has 160 valence electrons. The Morgan fingerprint density at radius 2 is 1.70 bits per heavy atom. The lowest BCUT2D eigenvalue weighted by Gasteiger charge is -2.26. The molecule has 0 bridgehead atoms. The summed E-state index contributed by atoms with van der Waals surface area (Å²) in [4.78, 5) is 26.2. The van der Waals surface area contributed by atoms with Crippen LogP contribution in [0.4, 0.5) is 0 Å². The van der Waals surface area contributed by atoms with Crippen LogP contribution in [0.15, 0.2) is 59.5 Å². The van der Waals surface area contributed by atoms with Gasteiger partial charge in [-0.3, -0.25) is 4.79 Å². The smallest absolute Gasteiger partial charge is 0.338 e.